The standard InChI is InChI=1S/C25H21N5O6/c1-35-24(33)18-10-6-16(7-11-18)14-26-29-22(31)20-4-3-5-21(28-20)23(32)30-27-15-17-8-12-19(13-9-17)25(34)36-2/h3-15H,1-2H3,(H,29,31)(H,30,32). The van der Waals surface area contributed by atoms with Crippen molar-refractivity contribution < 1.29 is 28.7 Å². The molecule has 3 rings (SSSR count). The van der Waals surface area contributed by atoms with E-state index in [2.05, 4.69) is 35.5 Å². The van der Waals surface area contributed by atoms with Gasteiger partial charge < -0.3 is 9.47 Å². The van der Waals surface area contributed by atoms with E-state index in [1.165, 1.54) is 44.8 Å². The summed E-state index contributed by atoms with van der Waals surface area (Å²) in [7, 11) is 2.59. The number of benzene rings is 2. The third-order valence-corrected chi connectivity index (χ3v) is 4.64. The van der Waals surface area contributed by atoms with Crippen molar-refractivity contribution in [2.24, 2.45) is 10.2 Å². The molecule has 182 valence electrons. The van der Waals surface area contributed by atoms with Crippen LogP contribution in [0.25, 0.3) is 0 Å². The summed E-state index contributed by atoms with van der Waals surface area (Å²) in [6, 6.07) is 17.2. The number of rotatable bonds is 8. The minimum atomic E-state index is -0.624. The van der Waals surface area contributed by atoms with Crippen molar-refractivity contribution in [2.45, 2.75) is 0 Å². The molecule has 0 bridgehead atoms. The van der Waals surface area contributed by atoms with E-state index in [-0.39, 0.29) is 11.4 Å². The van der Waals surface area contributed by atoms with Crippen LogP contribution in [0.3, 0.4) is 0 Å². The van der Waals surface area contributed by atoms with Crippen LogP contribution in [-0.4, -0.2) is 55.4 Å². The van der Waals surface area contributed by atoms with Gasteiger partial charge in [-0.2, -0.15) is 10.2 Å². The number of aromatic nitrogens is 1. The second-order valence-electron chi connectivity index (χ2n) is 7.03. The number of amides is 2. The molecule has 0 unspecified atom stereocenters. The van der Waals surface area contributed by atoms with E-state index in [1.807, 2.05) is 0 Å². The van der Waals surface area contributed by atoms with Gasteiger partial charge in [0.1, 0.15) is 11.4 Å². The zero-order valence-corrected chi connectivity index (χ0v) is 19.3. The molecule has 0 aliphatic rings. The van der Waals surface area contributed by atoms with Gasteiger partial charge in [-0.1, -0.05) is 30.3 Å². The van der Waals surface area contributed by atoms with E-state index < -0.39 is 23.8 Å². The molecule has 1 aromatic heterocycles. The average Bonchev–Trinajstić information content (AvgIpc) is 2.92. The molecule has 0 saturated carbocycles. The van der Waals surface area contributed by atoms with Crippen molar-refractivity contribution >= 4 is 36.2 Å². The third kappa shape index (κ3) is 6.90. The van der Waals surface area contributed by atoms with Gasteiger partial charge in [0, 0.05) is 0 Å². The van der Waals surface area contributed by atoms with Gasteiger partial charge in [-0.05, 0) is 47.5 Å². The van der Waals surface area contributed by atoms with Gasteiger partial charge in [-0.15, -0.1) is 0 Å². The fourth-order valence-corrected chi connectivity index (χ4v) is 2.78. The number of hydrogen-bond acceptors (Lipinski definition) is 9. The Kier molecular flexibility index (Phi) is 8.71. The van der Waals surface area contributed by atoms with Crippen molar-refractivity contribution in [3.8, 4) is 0 Å². The number of carbonyl (C=O) groups excluding carboxylic acids is 4. The molecule has 2 aromatic carbocycles. The molecule has 0 fully saturated rings. The quantitative estimate of drug-likeness (QED) is 0.281. The zero-order chi connectivity index (χ0) is 25.9. The molecule has 2 N–H and O–H groups in total. The summed E-state index contributed by atoms with van der Waals surface area (Å²) in [5.41, 5.74) is 6.66. The summed E-state index contributed by atoms with van der Waals surface area (Å²) in [6.45, 7) is 0. The van der Waals surface area contributed by atoms with Gasteiger partial charge in [0.05, 0.1) is 37.8 Å². The Morgan fingerprint density at radius 2 is 1.06 bits per heavy atom. The molecule has 2 amide bonds. The van der Waals surface area contributed by atoms with Crippen LogP contribution in [0.2, 0.25) is 0 Å². The maximum absolute atomic E-state index is 12.3. The molecule has 0 radical (unpaired) electrons. The molecular formula is C25H21N5O6. The predicted octanol–water partition coefficient (Wildman–Crippen LogP) is 2.18. The summed E-state index contributed by atoms with van der Waals surface area (Å²) < 4.78 is 9.27. The van der Waals surface area contributed by atoms with E-state index in [9.17, 15) is 19.2 Å². The molecule has 0 spiro atoms. The van der Waals surface area contributed by atoms with Crippen molar-refractivity contribution in [3.63, 3.8) is 0 Å². The maximum atomic E-state index is 12.3. The van der Waals surface area contributed by atoms with Crippen LogP contribution in [0.15, 0.2) is 76.9 Å². The van der Waals surface area contributed by atoms with E-state index in [1.54, 1.807) is 48.5 Å². The Morgan fingerprint density at radius 3 is 1.42 bits per heavy atom. The van der Waals surface area contributed by atoms with Gasteiger partial charge in [0.15, 0.2) is 0 Å². The van der Waals surface area contributed by atoms with Gasteiger partial charge in [-0.25, -0.2) is 25.4 Å². The fourth-order valence-electron chi connectivity index (χ4n) is 2.78. The topological polar surface area (TPSA) is 148 Å². The van der Waals surface area contributed by atoms with Crippen LogP contribution in [0, 0.1) is 0 Å². The summed E-state index contributed by atoms with van der Waals surface area (Å²) >= 11 is 0. The van der Waals surface area contributed by atoms with Crippen LogP contribution < -0.4 is 10.9 Å². The summed E-state index contributed by atoms with van der Waals surface area (Å²) in [5.74, 6) is -2.16. The molecule has 11 nitrogen and oxygen atoms in total. The Morgan fingerprint density at radius 1 is 0.667 bits per heavy atom. The lowest BCUT2D eigenvalue weighted by molar-refractivity contribution is 0.0592. The Labute approximate surface area is 205 Å². The first kappa shape index (κ1) is 25.4. The Balaban J connectivity index is 1.56. The van der Waals surface area contributed by atoms with Crippen LogP contribution in [-0.2, 0) is 9.47 Å². The van der Waals surface area contributed by atoms with E-state index in [4.69, 9.17) is 0 Å². The third-order valence-electron chi connectivity index (χ3n) is 4.64. The number of nitrogens with zero attached hydrogens (tertiary/aromatic N) is 3. The number of nitrogens with one attached hydrogen (secondary N) is 2. The molecular weight excluding hydrogens is 466 g/mol. The molecule has 0 aliphatic heterocycles. The predicted molar refractivity (Wildman–Crippen MR) is 130 cm³/mol. The molecule has 0 atom stereocenters. The van der Waals surface area contributed by atoms with E-state index in [0.29, 0.717) is 22.3 Å². The normalized spacial score (nSPS) is 10.7. The van der Waals surface area contributed by atoms with E-state index in [0.717, 1.165) is 0 Å². The van der Waals surface area contributed by atoms with Gasteiger partial charge in [-0.3, -0.25) is 9.59 Å². The number of methoxy groups -OCH3 is 2. The Hall–Kier alpha value is -5.19. The lowest BCUT2D eigenvalue weighted by atomic mass is 10.1. The van der Waals surface area contributed by atoms with Gasteiger partial charge >= 0.3 is 11.9 Å². The van der Waals surface area contributed by atoms with Crippen LogP contribution in [0.1, 0.15) is 52.8 Å². The average molecular weight is 487 g/mol. The van der Waals surface area contributed by atoms with Crippen molar-refractivity contribution in [1.29, 1.82) is 0 Å². The summed E-state index contributed by atoms with van der Waals surface area (Å²) in [5, 5.41) is 7.72. The molecule has 3 aromatic rings. The number of esters is 2. The monoisotopic (exact) mass is 487 g/mol. The molecule has 0 aliphatic carbocycles. The number of hydrogen-bond donors (Lipinski definition) is 2. The highest BCUT2D eigenvalue weighted by molar-refractivity contribution is 5.97. The molecule has 0 saturated heterocycles. The molecule has 11 heteroatoms. The zero-order valence-electron chi connectivity index (χ0n) is 19.3. The Bertz CT molecular complexity index is 1220. The van der Waals surface area contributed by atoms with Crippen LogP contribution >= 0.6 is 0 Å². The minimum absolute atomic E-state index is 0.0248. The van der Waals surface area contributed by atoms with Gasteiger partial charge in [0.2, 0.25) is 0 Å². The number of ether oxygens (including phenoxy) is 2. The SMILES string of the molecule is COC(=O)c1ccc(C=NNC(=O)c2cccc(C(=O)NN=Cc3ccc(C(=O)OC)cc3)n2)cc1. The summed E-state index contributed by atoms with van der Waals surface area (Å²) in [6.07, 6.45) is 2.78. The fraction of sp³-hybridized carbons (Fsp3) is 0.0800. The maximum Gasteiger partial charge on any atom is 0.337 e. The second kappa shape index (κ2) is 12.3. The number of hydrazone groups is 2. The highest BCUT2D eigenvalue weighted by atomic mass is 16.5. The smallest absolute Gasteiger partial charge is 0.337 e. The van der Waals surface area contributed by atoms with Crippen molar-refractivity contribution in [1.82, 2.24) is 15.8 Å². The number of carbonyl (C=O) groups is 4. The first-order valence-corrected chi connectivity index (χ1v) is 10.4. The van der Waals surface area contributed by atoms with Crippen molar-refractivity contribution in [3.05, 3.63) is 100 Å². The van der Waals surface area contributed by atoms with Gasteiger partial charge in [0.25, 0.3) is 11.8 Å². The minimum Gasteiger partial charge on any atom is -0.465 e. The number of pyridine rings is 1. The highest BCUT2D eigenvalue weighted by Gasteiger charge is 2.12. The highest BCUT2D eigenvalue weighted by Crippen LogP contribution is 2.05. The lowest BCUT2D eigenvalue weighted by Crippen LogP contribution is -2.23. The molecule has 1 heterocycles. The molecule has 36 heavy (non-hydrogen) atoms. The lowest BCUT2D eigenvalue weighted by Gasteiger charge is -2.03. The van der Waals surface area contributed by atoms with E-state index >= 15 is 0 Å². The van der Waals surface area contributed by atoms with Crippen LogP contribution in [0.5, 0.6) is 0 Å². The summed E-state index contributed by atoms with van der Waals surface area (Å²) in [4.78, 5) is 51.6. The first-order valence-electron chi connectivity index (χ1n) is 10.4. The first-order chi connectivity index (χ1) is 17.4. The largest absolute Gasteiger partial charge is 0.465 e. The van der Waals surface area contributed by atoms with Crippen LogP contribution in [0.4, 0.5) is 0 Å². The second-order valence-corrected chi connectivity index (χ2v) is 7.03. The van der Waals surface area contributed by atoms with Crippen molar-refractivity contribution in [2.75, 3.05) is 14.2 Å².